The van der Waals surface area contributed by atoms with Gasteiger partial charge in [0.1, 0.15) is 0 Å². The first-order valence-corrected chi connectivity index (χ1v) is 8.30. The van der Waals surface area contributed by atoms with E-state index in [1.54, 1.807) is 0 Å². The van der Waals surface area contributed by atoms with Crippen LogP contribution in [-0.4, -0.2) is 30.8 Å². The predicted molar refractivity (Wildman–Crippen MR) is 86.5 cm³/mol. The van der Waals surface area contributed by atoms with Gasteiger partial charge in [-0.3, -0.25) is 0 Å². The van der Waals surface area contributed by atoms with Crippen molar-refractivity contribution in [3.8, 4) is 0 Å². The lowest BCUT2D eigenvalue weighted by Gasteiger charge is -2.16. The molecule has 3 nitrogen and oxygen atoms in total. The molecule has 1 heterocycles. The highest BCUT2D eigenvalue weighted by Gasteiger charge is 2.11. The maximum Gasteiger partial charge on any atom is 0.0954 e. The van der Waals surface area contributed by atoms with Crippen LogP contribution in [0, 0.1) is 0 Å². The summed E-state index contributed by atoms with van der Waals surface area (Å²) in [5.74, 6) is 0. The van der Waals surface area contributed by atoms with Crippen LogP contribution in [0.25, 0.3) is 10.2 Å². The van der Waals surface area contributed by atoms with Crippen molar-refractivity contribution in [2.24, 2.45) is 0 Å². The van der Waals surface area contributed by atoms with Crippen LogP contribution in [-0.2, 0) is 11.2 Å². The minimum absolute atomic E-state index is 0.501. The van der Waals surface area contributed by atoms with E-state index in [4.69, 9.17) is 9.72 Å². The standard InChI is InChI=1S/C16H24N2OS/c1-3-17-13(8-7-11-19-4-2)12-16-18-14-9-5-6-10-15(14)20-16/h5-6,9-10,13,17H,3-4,7-8,11-12H2,1-2H3. The van der Waals surface area contributed by atoms with Crippen molar-refractivity contribution in [2.75, 3.05) is 19.8 Å². The summed E-state index contributed by atoms with van der Waals surface area (Å²) in [4.78, 5) is 4.73. The number of nitrogens with zero attached hydrogens (tertiary/aromatic N) is 1. The van der Waals surface area contributed by atoms with Gasteiger partial charge in [0, 0.05) is 25.7 Å². The molecule has 0 amide bonds. The molecule has 1 N–H and O–H groups in total. The number of hydrogen-bond acceptors (Lipinski definition) is 4. The van der Waals surface area contributed by atoms with Gasteiger partial charge < -0.3 is 10.1 Å². The van der Waals surface area contributed by atoms with Crippen molar-refractivity contribution in [3.63, 3.8) is 0 Å². The predicted octanol–water partition coefficient (Wildman–Crippen LogP) is 3.63. The second-order valence-corrected chi connectivity index (χ2v) is 5.99. The number of aromatic nitrogens is 1. The van der Waals surface area contributed by atoms with Crippen LogP contribution in [0.3, 0.4) is 0 Å². The van der Waals surface area contributed by atoms with E-state index < -0.39 is 0 Å². The number of hydrogen-bond donors (Lipinski definition) is 1. The Bertz CT molecular complexity index is 479. The van der Waals surface area contributed by atoms with Crippen molar-refractivity contribution >= 4 is 21.6 Å². The highest BCUT2D eigenvalue weighted by atomic mass is 32.1. The third-order valence-corrected chi connectivity index (χ3v) is 4.36. The Kier molecular flexibility index (Phi) is 6.43. The SMILES string of the molecule is CCNC(CCCOCC)Cc1nc2ccccc2s1. The summed E-state index contributed by atoms with van der Waals surface area (Å²) in [6.45, 7) is 6.88. The summed E-state index contributed by atoms with van der Waals surface area (Å²) in [6.07, 6.45) is 3.26. The molecule has 0 aliphatic heterocycles. The monoisotopic (exact) mass is 292 g/mol. The molecule has 0 radical (unpaired) electrons. The van der Waals surface area contributed by atoms with Crippen molar-refractivity contribution < 1.29 is 4.74 Å². The topological polar surface area (TPSA) is 34.1 Å². The fourth-order valence-electron chi connectivity index (χ4n) is 2.36. The molecule has 1 unspecified atom stereocenters. The highest BCUT2D eigenvalue weighted by molar-refractivity contribution is 7.18. The van der Waals surface area contributed by atoms with Crippen molar-refractivity contribution in [2.45, 2.75) is 39.2 Å². The van der Waals surface area contributed by atoms with Gasteiger partial charge in [-0.2, -0.15) is 0 Å². The van der Waals surface area contributed by atoms with Gasteiger partial charge >= 0.3 is 0 Å². The lowest BCUT2D eigenvalue weighted by molar-refractivity contribution is 0.141. The second kappa shape index (κ2) is 8.35. The summed E-state index contributed by atoms with van der Waals surface area (Å²) < 4.78 is 6.70. The van der Waals surface area contributed by atoms with Gasteiger partial charge in [-0.25, -0.2) is 4.98 Å². The smallest absolute Gasteiger partial charge is 0.0954 e. The quantitative estimate of drug-likeness (QED) is 0.717. The molecule has 2 aromatic rings. The first kappa shape index (κ1) is 15.4. The van der Waals surface area contributed by atoms with Gasteiger partial charge in [0.25, 0.3) is 0 Å². The summed E-state index contributed by atoms with van der Waals surface area (Å²) >= 11 is 1.81. The van der Waals surface area contributed by atoms with Gasteiger partial charge in [-0.15, -0.1) is 11.3 Å². The molecule has 0 spiro atoms. The first-order valence-electron chi connectivity index (χ1n) is 7.49. The Balaban J connectivity index is 1.92. The number of para-hydroxylation sites is 1. The summed E-state index contributed by atoms with van der Waals surface area (Å²) in [7, 11) is 0. The molecule has 0 aliphatic rings. The van der Waals surface area contributed by atoms with E-state index in [0.29, 0.717) is 6.04 Å². The van der Waals surface area contributed by atoms with Crippen LogP contribution in [0.4, 0.5) is 0 Å². The summed E-state index contributed by atoms with van der Waals surface area (Å²) in [5, 5.41) is 4.79. The third-order valence-electron chi connectivity index (χ3n) is 3.30. The van der Waals surface area contributed by atoms with Crippen molar-refractivity contribution in [1.82, 2.24) is 10.3 Å². The number of fused-ring (bicyclic) bond motifs is 1. The molecule has 4 heteroatoms. The Labute approximate surface area is 125 Å². The first-order chi connectivity index (χ1) is 9.83. The molecule has 0 fully saturated rings. The Morgan fingerprint density at radius 1 is 1.30 bits per heavy atom. The van der Waals surface area contributed by atoms with Crippen LogP contribution in [0.15, 0.2) is 24.3 Å². The molecule has 0 saturated carbocycles. The van der Waals surface area contributed by atoms with E-state index >= 15 is 0 Å². The number of benzene rings is 1. The summed E-state index contributed by atoms with van der Waals surface area (Å²) in [5.41, 5.74) is 1.12. The Hall–Kier alpha value is -0.970. The maximum atomic E-state index is 5.42. The zero-order chi connectivity index (χ0) is 14.2. The number of ether oxygens (including phenoxy) is 1. The van der Waals surface area contributed by atoms with Gasteiger partial charge in [0.15, 0.2) is 0 Å². The Morgan fingerprint density at radius 2 is 2.15 bits per heavy atom. The minimum Gasteiger partial charge on any atom is -0.382 e. The van der Waals surface area contributed by atoms with Gasteiger partial charge in [0.2, 0.25) is 0 Å². The molecule has 1 aromatic carbocycles. The number of likely N-dealkylation sites (N-methyl/N-ethyl adjacent to an activating group) is 1. The van der Waals surface area contributed by atoms with E-state index in [2.05, 4.69) is 36.5 Å². The number of thiazole rings is 1. The minimum atomic E-state index is 0.501. The largest absolute Gasteiger partial charge is 0.382 e. The second-order valence-electron chi connectivity index (χ2n) is 4.87. The zero-order valence-electron chi connectivity index (χ0n) is 12.4. The molecule has 110 valence electrons. The number of nitrogens with one attached hydrogen (secondary N) is 1. The molecule has 0 bridgehead atoms. The van der Waals surface area contributed by atoms with Crippen LogP contribution >= 0.6 is 11.3 Å². The third kappa shape index (κ3) is 4.54. The zero-order valence-corrected chi connectivity index (χ0v) is 13.2. The lowest BCUT2D eigenvalue weighted by atomic mass is 10.1. The van der Waals surface area contributed by atoms with Gasteiger partial charge in [0.05, 0.1) is 15.2 Å². The van der Waals surface area contributed by atoms with E-state index in [9.17, 15) is 0 Å². The van der Waals surface area contributed by atoms with Crippen LogP contribution in [0.1, 0.15) is 31.7 Å². The van der Waals surface area contributed by atoms with E-state index in [-0.39, 0.29) is 0 Å². The fourth-order valence-corrected chi connectivity index (χ4v) is 3.41. The van der Waals surface area contributed by atoms with Crippen LogP contribution < -0.4 is 5.32 Å². The van der Waals surface area contributed by atoms with E-state index in [0.717, 1.165) is 44.5 Å². The van der Waals surface area contributed by atoms with E-state index in [1.165, 1.54) is 9.71 Å². The van der Waals surface area contributed by atoms with Gasteiger partial charge in [-0.05, 0) is 38.4 Å². The molecule has 0 saturated heterocycles. The highest BCUT2D eigenvalue weighted by Crippen LogP contribution is 2.23. The maximum absolute atomic E-state index is 5.42. The molecule has 0 aliphatic carbocycles. The van der Waals surface area contributed by atoms with Gasteiger partial charge in [-0.1, -0.05) is 19.1 Å². The van der Waals surface area contributed by atoms with Crippen molar-refractivity contribution in [3.05, 3.63) is 29.3 Å². The molecular weight excluding hydrogens is 268 g/mol. The van der Waals surface area contributed by atoms with E-state index in [1.807, 2.05) is 18.3 Å². The molecule has 20 heavy (non-hydrogen) atoms. The van der Waals surface area contributed by atoms with Crippen LogP contribution in [0.5, 0.6) is 0 Å². The summed E-state index contributed by atoms with van der Waals surface area (Å²) in [6, 6.07) is 8.87. The normalized spacial score (nSPS) is 12.9. The van der Waals surface area contributed by atoms with Crippen molar-refractivity contribution in [1.29, 1.82) is 0 Å². The average molecular weight is 292 g/mol. The molecule has 2 rings (SSSR count). The number of rotatable bonds is 9. The molecule has 1 aromatic heterocycles. The van der Waals surface area contributed by atoms with Crippen LogP contribution in [0.2, 0.25) is 0 Å². The Morgan fingerprint density at radius 3 is 2.90 bits per heavy atom. The molecular formula is C16H24N2OS. The lowest BCUT2D eigenvalue weighted by Crippen LogP contribution is -2.31. The molecule has 1 atom stereocenters. The average Bonchev–Trinajstić information content (AvgIpc) is 2.86. The fraction of sp³-hybridized carbons (Fsp3) is 0.562.